The number of nitro groups is 1. The van der Waals surface area contributed by atoms with Crippen molar-refractivity contribution in [2.75, 3.05) is 12.8 Å². The van der Waals surface area contributed by atoms with Gasteiger partial charge in [-0.1, -0.05) is 6.42 Å². The molecule has 0 amide bonds. The summed E-state index contributed by atoms with van der Waals surface area (Å²) in [5, 5.41) is 13.7. The fourth-order valence-electron chi connectivity index (χ4n) is 2.00. The summed E-state index contributed by atoms with van der Waals surface area (Å²) in [6.07, 6.45) is 5.94. The molecule has 2 rings (SSSR count). The molecule has 0 spiro atoms. The Hall–Kier alpha value is -1.01. The molecule has 1 fully saturated rings. The molecule has 0 aromatic carbocycles. The van der Waals surface area contributed by atoms with Crippen LogP contribution in [0.25, 0.3) is 0 Å². The van der Waals surface area contributed by atoms with Crippen molar-refractivity contribution < 1.29 is 9.34 Å². The predicted molar refractivity (Wildman–Crippen MR) is 67.2 cm³/mol. The summed E-state index contributed by atoms with van der Waals surface area (Å²) in [5.74, 6) is 0.428. The number of nitrogens with zero attached hydrogens (tertiary/aromatic N) is 1. The summed E-state index contributed by atoms with van der Waals surface area (Å²) >= 11 is 1.90. The number of nitrogens with one attached hydrogen (secondary N) is 1. The van der Waals surface area contributed by atoms with Gasteiger partial charge in [0.25, 0.3) is 0 Å². The van der Waals surface area contributed by atoms with Crippen molar-refractivity contribution in [3.8, 4) is 0 Å². The van der Waals surface area contributed by atoms with Gasteiger partial charge in [-0.05, 0) is 25.2 Å². The number of hydrogen-bond donors (Lipinski definition) is 1. The van der Waals surface area contributed by atoms with Crippen molar-refractivity contribution in [2.24, 2.45) is 0 Å². The molecule has 0 unspecified atom stereocenters. The molecular weight excluding hydrogens is 240 g/mol. The molecular formula is C11H16N2O3S. The van der Waals surface area contributed by atoms with E-state index >= 15 is 0 Å². The molecule has 1 N–H and O–H groups in total. The lowest BCUT2D eigenvalue weighted by Gasteiger charge is -2.40. The van der Waals surface area contributed by atoms with Crippen LogP contribution >= 0.6 is 11.8 Å². The van der Waals surface area contributed by atoms with Gasteiger partial charge in [-0.25, -0.2) is 0 Å². The second kappa shape index (κ2) is 5.10. The van der Waals surface area contributed by atoms with Crippen LogP contribution in [0, 0.1) is 10.1 Å². The molecule has 0 saturated heterocycles. The molecule has 6 heteroatoms. The monoisotopic (exact) mass is 256 g/mol. The van der Waals surface area contributed by atoms with Crippen LogP contribution in [0.5, 0.6) is 0 Å². The van der Waals surface area contributed by atoms with E-state index in [4.69, 9.17) is 4.42 Å². The maximum atomic E-state index is 10.4. The van der Waals surface area contributed by atoms with E-state index in [1.165, 1.54) is 25.3 Å². The molecule has 94 valence electrons. The van der Waals surface area contributed by atoms with Crippen LogP contribution in [0.3, 0.4) is 0 Å². The highest BCUT2D eigenvalue weighted by molar-refractivity contribution is 8.00. The molecule has 17 heavy (non-hydrogen) atoms. The Balaban J connectivity index is 1.79. The Morgan fingerprint density at radius 3 is 2.82 bits per heavy atom. The lowest BCUT2D eigenvalue weighted by molar-refractivity contribution is -0.402. The Morgan fingerprint density at radius 1 is 1.59 bits per heavy atom. The van der Waals surface area contributed by atoms with E-state index in [1.807, 2.05) is 11.8 Å². The van der Waals surface area contributed by atoms with E-state index in [2.05, 4.69) is 11.6 Å². The SMILES string of the molecule is CSC1(CNCc2ccc([N+](=O)[O-])o2)CCC1. The normalized spacial score (nSPS) is 17.7. The molecule has 1 aliphatic rings. The van der Waals surface area contributed by atoms with E-state index in [-0.39, 0.29) is 5.88 Å². The molecule has 1 aromatic heterocycles. The standard InChI is InChI=1S/C11H16N2O3S/c1-17-11(5-2-6-11)8-12-7-9-3-4-10(16-9)13(14)15/h3-4,12H,2,5-8H2,1H3. The van der Waals surface area contributed by atoms with Crippen LogP contribution in [0.15, 0.2) is 16.5 Å². The lowest BCUT2D eigenvalue weighted by Crippen LogP contribution is -2.43. The van der Waals surface area contributed by atoms with Gasteiger partial charge in [0.1, 0.15) is 10.7 Å². The Kier molecular flexibility index (Phi) is 3.73. The number of furan rings is 1. The maximum Gasteiger partial charge on any atom is 0.433 e. The van der Waals surface area contributed by atoms with Crippen LogP contribution in [0.4, 0.5) is 5.88 Å². The van der Waals surface area contributed by atoms with Crippen LogP contribution in [0.2, 0.25) is 0 Å². The first-order chi connectivity index (χ1) is 8.15. The first-order valence-electron chi connectivity index (χ1n) is 5.64. The summed E-state index contributed by atoms with van der Waals surface area (Å²) in [6.45, 7) is 1.48. The Bertz CT molecular complexity index is 396. The van der Waals surface area contributed by atoms with Gasteiger partial charge < -0.3 is 9.73 Å². The van der Waals surface area contributed by atoms with Gasteiger partial charge >= 0.3 is 5.88 Å². The van der Waals surface area contributed by atoms with Gasteiger partial charge in [0.2, 0.25) is 0 Å². The average Bonchev–Trinajstić information content (AvgIpc) is 2.71. The quantitative estimate of drug-likeness (QED) is 0.625. The number of thioether (sulfide) groups is 1. The van der Waals surface area contributed by atoms with Crippen molar-refractivity contribution in [1.29, 1.82) is 0 Å². The van der Waals surface area contributed by atoms with E-state index in [0.717, 1.165) is 6.54 Å². The van der Waals surface area contributed by atoms with Crippen LogP contribution < -0.4 is 5.32 Å². The zero-order chi connectivity index (χ0) is 12.3. The van der Waals surface area contributed by atoms with E-state index in [1.54, 1.807) is 6.07 Å². The van der Waals surface area contributed by atoms with Crippen LogP contribution in [-0.4, -0.2) is 22.5 Å². The van der Waals surface area contributed by atoms with E-state index in [9.17, 15) is 10.1 Å². The van der Waals surface area contributed by atoms with Crippen molar-refractivity contribution in [2.45, 2.75) is 30.6 Å². The third-order valence-corrected chi connectivity index (χ3v) is 4.69. The summed E-state index contributed by atoms with van der Waals surface area (Å²) in [6, 6.07) is 3.04. The molecule has 0 atom stereocenters. The second-order valence-corrected chi connectivity index (χ2v) is 5.62. The highest BCUT2D eigenvalue weighted by atomic mass is 32.2. The van der Waals surface area contributed by atoms with Crippen molar-refractivity contribution in [3.63, 3.8) is 0 Å². The third-order valence-electron chi connectivity index (χ3n) is 3.27. The van der Waals surface area contributed by atoms with E-state index < -0.39 is 4.92 Å². The lowest BCUT2D eigenvalue weighted by atomic mass is 9.84. The predicted octanol–water partition coefficient (Wildman–Crippen LogP) is 2.56. The molecule has 0 aliphatic heterocycles. The van der Waals surface area contributed by atoms with Gasteiger partial charge in [-0.2, -0.15) is 11.8 Å². The first kappa shape index (κ1) is 12.4. The summed E-state index contributed by atoms with van der Waals surface area (Å²) in [4.78, 5) is 9.92. The Labute approximate surface area is 104 Å². The van der Waals surface area contributed by atoms with Gasteiger partial charge in [0.05, 0.1) is 12.6 Å². The summed E-state index contributed by atoms with van der Waals surface area (Å²) < 4.78 is 5.45. The fraction of sp³-hybridized carbons (Fsp3) is 0.636. The zero-order valence-corrected chi connectivity index (χ0v) is 10.6. The topological polar surface area (TPSA) is 68.3 Å². The molecule has 0 bridgehead atoms. The second-order valence-electron chi connectivity index (χ2n) is 4.34. The highest BCUT2D eigenvalue weighted by Crippen LogP contribution is 2.42. The largest absolute Gasteiger partial charge is 0.433 e. The summed E-state index contributed by atoms with van der Waals surface area (Å²) in [7, 11) is 0. The van der Waals surface area contributed by atoms with Crippen molar-refractivity contribution >= 4 is 17.6 Å². The van der Waals surface area contributed by atoms with Crippen LogP contribution in [0.1, 0.15) is 25.0 Å². The first-order valence-corrected chi connectivity index (χ1v) is 6.87. The molecule has 1 saturated carbocycles. The Morgan fingerprint density at radius 2 is 2.35 bits per heavy atom. The zero-order valence-electron chi connectivity index (χ0n) is 9.77. The third kappa shape index (κ3) is 2.81. The fourth-order valence-corrected chi connectivity index (χ4v) is 2.94. The highest BCUT2D eigenvalue weighted by Gasteiger charge is 2.35. The molecule has 1 heterocycles. The maximum absolute atomic E-state index is 10.4. The minimum absolute atomic E-state index is 0.190. The van der Waals surface area contributed by atoms with Gasteiger partial charge in [-0.3, -0.25) is 10.1 Å². The average molecular weight is 256 g/mol. The molecule has 1 aromatic rings. The van der Waals surface area contributed by atoms with Crippen molar-refractivity contribution in [3.05, 3.63) is 28.0 Å². The van der Waals surface area contributed by atoms with E-state index in [0.29, 0.717) is 17.1 Å². The van der Waals surface area contributed by atoms with Crippen LogP contribution in [-0.2, 0) is 6.54 Å². The summed E-state index contributed by atoms with van der Waals surface area (Å²) in [5.41, 5.74) is 0. The van der Waals surface area contributed by atoms with Gasteiger partial charge in [0, 0.05) is 11.3 Å². The molecule has 0 radical (unpaired) electrons. The smallest absolute Gasteiger partial charge is 0.404 e. The molecule has 1 aliphatic carbocycles. The minimum Gasteiger partial charge on any atom is -0.404 e. The van der Waals surface area contributed by atoms with Gasteiger partial charge in [-0.15, -0.1) is 0 Å². The number of hydrogen-bond acceptors (Lipinski definition) is 5. The minimum atomic E-state index is -0.515. The number of rotatable bonds is 6. The van der Waals surface area contributed by atoms with Gasteiger partial charge in [0.15, 0.2) is 0 Å². The molecule has 5 nitrogen and oxygen atoms in total. The van der Waals surface area contributed by atoms with Crippen molar-refractivity contribution in [1.82, 2.24) is 5.32 Å².